The van der Waals surface area contributed by atoms with Gasteiger partial charge in [0.15, 0.2) is 6.61 Å². The van der Waals surface area contributed by atoms with E-state index in [4.69, 9.17) is 21.1 Å². The Hall–Kier alpha value is -3.16. The topological polar surface area (TPSA) is 77.0 Å². The molecular formula is C23H18BrClN2O4. The van der Waals surface area contributed by atoms with Crippen molar-refractivity contribution in [3.63, 3.8) is 0 Å². The average Bonchev–Trinajstić information content (AvgIpc) is 2.75. The highest BCUT2D eigenvalue weighted by Gasteiger charge is 2.12. The van der Waals surface area contributed by atoms with Gasteiger partial charge in [-0.1, -0.05) is 57.4 Å². The lowest BCUT2D eigenvalue weighted by molar-refractivity contribution is -0.123. The molecule has 0 aliphatic carbocycles. The monoisotopic (exact) mass is 500 g/mol. The smallest absolute Gasteiger partial charge is 0.343 e. The van der Waals surface area contributed by atoms with E-state index >= 15 is 0 Å². The number of nitrogens with zero attached hydrogens (tertiary/aromatic N) is 1. The van der Waals surface area contributed by atoms with Crippen molar-refractivity contribution in [1.29, 1.82) is 0 Å². The molecule has 1 amide bonds. The zero-order chi connectivity index (χ0) is 22.2. The summed E-state index contributed by atoms with van der Waals surface area (Å²) in [6, 6.07) is 19.1. The van der Waals surface area contributed by atoms with Gasteiger partial charge in [0.1, 0.15) is 11.5 Å². The molecule has 6 nitrogen and oxygen atoms in total. The third-order valence-corrected chi connectivity index (χ3v) is 4.82. The molecule has 0 bridgehead atoms. The molecule has 3 aromatic carbocycles. The lowest BCUT2D eigenvalue weighted by Crippen LogP contribution is -2.24. The van der Waals surface area contributed by atoms with E-state index in [1.807, 2.05) is 13.0 Å². The molecule has 1 N–H and O–H groups in total. The van der Waals surface area contributed by atoms with E-state index in [2.05, 4.69) is 26.5 Å². The first-order valence-corrected chi connectivity index (χ1v) is 10.4. The summed E-state index contributed by atoms with van der Waals surface area (Å²) >= 11 is 9.36. The van der Waals surface area contributed by atoms with Crippen LogP contribution in [0.4, 0.5) is 0 Å². The second-order valence-electron chi connectivity index (χ2n) is 6.45. The zero-order valence-electron chi connectivity index (χ0n) is 16.5. The van der Waals surface area contributed by atoms with Crippen molar-refractivity contribution in [2.24, 2.45) is 5.10 Å². The molecule has 0 aliphatic heterocycles. The molecule has 0 heterocycles. The summed E-state index contributed by atoms with van der Waals surface area (Å²) in [5.74, 6) is -0.247. The highest BCUT2D eigenvalue weighted by molar-refractivity contribution is 9.10. The molecule has 0 aromatic heterocycles. The van der Waals surface area contributed by atoms with E-state index in [0.717, 1.165) is 10.0 Å². The molecule has 3 aromatic rings. The predicted octanol–water partition coefficient (Wildman–Crippen LogP) is 5.16. The van der Waals surface area contributed by atoms with E-state index in [-0.39, 0.29) is 6.61 Å². The van der Waals surface area contributed by atoms with Crippen molar-refractivity contribution in [3.05, 3.63) is 92.9 Å². The maximum absolute atomic E-state index is 12.5. The summed E-state index contributed by atoms with van der Waals surface area (Å²) in [4.78, 5) is 24.4. The van der Waals surface area contributed by atoms with Gasteiger partial charge in [-0.25, -0.2) is 10.2 Å². The SMILES string of the molecule is Cc1cccc(C(=O)Oc2ccc(Br)cc2C=NNC(=O)COc2ccccc2Cl)c1. The fraction of sp³-hybridized carbons (Fsp3) is 0.0870. The Labute approximate surface area is 193 Å². The number of aryl methyl sites for hydroxylation is 1. The molecule has 0 saturated heterocycles. The van der Waals surface area contributed by atoms with E-state index in [9.17, 15) is 9.59 Å². The van der Waals surface area contributed by atoms with Gasteiger partial charge in [0, 0.05) is 10.0 Å². The van der Waals surface area contributed by atoms with Crippen LogP contribution in [-0.2, 0) is 4.79 Å². The van der Waals surface area contributed by atoms with Crippen molar-refractivity contribution in [3.8, 4) is 11.5 Å². The molecule has 0 fully saturated rings. The minimum Gasteiger partial charge on any atom is -0.482 e. The maximum atomic E-state index is 12.5. The second kappa shape index (κ2) is 10.7. The van der Waals surface area contributed by atoms with Crippen LogP contribution in [-0.4, -0.2) is 24.7 Å². The van der Waals surface area contributed by atoms with Crippen molar-refractivity contribution < 1.29 is 19.1 Å². The molecule has 0 unspecified atom stereocenters. The first-order chi connectivity index (χ1) is 14.9. The summed E-state index contributed by atoms with van der Waals surface area (Å²) < 4.78 is 11.6. The van der Waals surface area contributed by atoms with Crippen LogP contribution in [0.3, 0.4) is 0 Å². The van der Waals surface area contributed by atoms with E-state index < -0.39 is 11.9 Å². The Bertz CT molecular complexity index is 1130. The lowest BCUT2D eigenvalue weighted by Gasteiger charge is -2.09. The lowest BCUT2D eigenvalue weighted by atomic mass is 10.1. The fourth-order valence-electron chi connectivity index (χ4n) is 2.56. The number of para-hydroxylation sites is 1. The third kappa shape index (κ3) is 6.67. The molecule has 0 atom stereocenters. The summed E-state index contributed by atoms with van der Waals surface area (Å²) in [6.07, 6.45) is 1.39. The van der Waals surface area contributed by atoms with Crippen LogP contribution in [0.1, 0.15) is 21.5 Å². The molecule has 31 heavy (non-hydrogen) atoms. The number of halogens is 2. The number of carbonyl (C=O) groups is 2. The number of ether oxygens (including phenoxy) is 2. The Morgan fingerprint density at radius 2 is 1.87 bits per heavy atom. The Morgan fingerprint density at radius 3 is 2.65 bits per heavy atom. The van der Waals surface area contributed by atoms with Gasteiger partial charge < -0.3 is 9.47 Å². The maximum Gasteiger partial charge on any atom is 0.343 e. The minimum absolute atomic E-state index is 0.255. The number of rotatable bonds is 7. The van der Waals surface area contributed by atoms with Crippen molar-refractivity contribution in [1.82, 2.24) is 5.43 Å². The largest absolute Gasteiger partial charge is 0.482 e. The third-order valence-electron chi connectivity index (χ3n) is 4.02. The molecule has 158 valence electrons. The number of hydrazone groups is 1. The van der Waals surface area contributed by atoms with E-state index in [1.165, 1.54) is 6.21 Å². The predicted molar refractivity (Wildman–Crippen MR) is 123 cm³/mol. The Morgan fingerprint density at radius 1 is 1.06 bits per heavy atom. The van der Waals surface area contributed by atoms with Gasteiger partial charge in [0.25, 0.3) is 5.91 Å². The van der Waals surface area contributed by atoms with E-state index in [0.29, 0.717) is 27.6 Å². The zero-order valence-corrected chi connectivity index (χ0v) is 18.8. The molecule has 0 aliphatic rings. The second-order valence-corrected chi connectivity index (χ2v) is 7.78. The molecule has 0 radical (unpaired) electrons. The van der Waals surface area contributed by atoms with Gasteiger partial charge in [-0.15, -0.1) is 0 Å². The summed E-state index contributed by atoms with van der Waals surface area (Å²) in [5, 5.41) is 4.33. The van der Waals surface area contributed by atoms with Gasteiger partial charge in [0.05, 0.1) is 16.8 Å². The first kappa shape index (κ1) is 22.5. The molecular weight excluding hydrogens is 484 g/mol. The summed E-state index contributed by atoms with van der Waals surface area (Å²) in [6.45, 7) is 1.64. The van der Waals surface area contributed by atoms with Crippen LogP contribution in [0.25, 0.3) is 0 Å². The first-order valence-electron chi connectivity index (χ1n) is 9.20. The quantitative estimate of drug-likeness (QED) is 0.210. The highest BCUT2D eigenvalue weighted by Crippen LogP contribution is 2.24. The Kier molecular flexibility index (Phi) is 7.81. The van der Waals surface area contributed by atoms with Crippen LogP contribution in [0.2, 0.25) is 5.02 Å². The van der Waals surface area contributed by atoms with Gasteiger partial charge in [0.2, 0.25) is 0 Å². The van der Waals surface area contributed by atoms with Gasteiger partial charge in [-0.05, 0) is 49.4 Å². The highest BCUT2D eigenvalue weighted by atomic mass is 79.9. The normalized spacial score (nSPS) is 10.7. The number of amides is 1. The summed E-state index contributed by atoms with van der Waals surface area (Å²) in [7, 11) is 0. The molecule has 0 saturated carbocycles. The van der Waals surface area contributed by atoms with Crippen LogP contribution < -0.4 is 14.9 Å². The van der Waals surface area contributed by atoms with Crippen LogP contribution >= 0.6 is 27.5 Å². The van der Waals surface area contributed by atoms with Gasteiger partial charge in [-0.3, -0.25) is 4.79 Å². The van der Waals surface area contributed by atoms with Crippen LogP contribution in [0.15, 0.2) is 76.3 Å². The van der Waals surface area contributed by atoms with Crippen molar-refractivity contribution in [2.75, 3.05) is 6.61 Å². The summed E-state index contributed by atoms with van der Waals surface area (Å²) in [5.41, 5.74) is 4.26. The minimum atomic E-state index is -0.488. The standard InChI is InChI=1S/C23H18BrClN2O4/c1-15-5-4-6-16(11-15)23(29)31-20-10-9-18(24)12-17(20)13-26-27-22(28)14-30-21-8-3-2-7-19(21)25/h2-13H,14H2,1H3,(H,27,28). The van der Waals surface area contributed by atoms with Crippen LogP contribution in [0, 0.1) is 6.92 Å². The number of hydrogen-bond donors (Lipinski definition) is 1. The number of nitrogens with one attached hydrogen (secondary N) is 1. The van der Waals surface area contributed by atoms with Crippen molar-refractivity contribution >= 4 is 45.6 Å². The molecule has 0 spiro atoms. The number of hydrogen-bond acceptors (Lipinski definition) is 5. The fourth-order valence-corrected chi connectivity index (χ4v) is 3.12. The van der Waals surface area contributed by atoms with Gasteiger partial charge in [-0.2, -0.15) is 5.10 Å². The molecule has 8 heteroatoms. The van der Waals surface area contributed by atoms with Gasteiger partial charge >= 0.3 is 5.97 Å². The van der Waals surface area contributed by atoms with E-state index in [1.54, 1.807) is 60.7 Å². The number of esters is 1. The average molecular weight is 502 g/mol. The number of benzene rings is 3. The van der Waals surface area contributed by atoms with Crippen LogP contribution in [0.5, 0.6) is 11.5 Å². The number of carbonyl (C=O) groups excluding carboxylic acids is 2. The molecule has 3 rings (SSSR count). The Balaban J connectivity index is 1.63. The van der Waals surface area contributed by atoms with Crippen molar-refractivity contribution in [2.45, 2.75) is 6.92 Å².